The predicted molar refractivity (Wildman–Crippen MR) is 342 cm³/mol. The first kappa shape index (κ1) is 69.4. The number of carboxylic acids is 1. The van der Waals surface area contributed by atoms with Gasteiger partial charge < -0.3 is 47.4 Å². The first-order valence-corrected chi connectivity index (χ1v) is 30.8. The van der Waals surface area contributed by atoms with Gasteiger partial charge in [0.1, 0.15) is 5.82 Å². The maximum absolute atomic E-state index is 10.8. The van der Waals surface area contributed by atoms with E-state index in [1.807, 2.05) is 6.92 Å². The molecule has 81 heavy (non-hydrogen) atoms. The smallest absolute Gasteiger partial charge is 1.00 e. The van der Waals surface area contributed by atoms with Crippen LogP contribution >= 0.6 is 15.9 Å². The average molecular weight is 1180 g/mol. The van der Waals surface area contributed by atoms with Gasteiger partial charge in [-0.2, -0.15) is 0 Å². The molecule has 4 aromatic rings. The van der Waals surface area contributed by atoms with Gasteiger partial charge in [0.25, 0.3) is 0 Å². The van der Waals surface area contributed by atoms with Gasteiger partial charge in [-0.25, -0.2) is 9.78 Å². The van der Waals surface area contributed by atoms with Crippen LogP contribution in [0.15, 0.2) is 99.5 Å². The molecule has 0 saturated carbocycles. The van der Waals surface area contributed by atoms with Gasteiger partial charge >= 0.3 is 41.4 Å². The number of aromatic nitrogens is 1. The number of nitrogens with zero attached hydrogens (tertiary/aromatic N) is 8. The Bertz CT molecular complexity index is 2500. The zero-order chi connectivity index (χ0) is 56.5. The summed E-state index contributed by atoms with van der Waals surface area (Å²) in [6.45, 7) is 34.3. The molecule has 0 bridgehead atoms. The van der Waals surface area contributed by atoms with Crippen molar-refractivity contribution in [2.75, 3.05) is 126 Å². The maximum atomic E-state index is 10.8. The van der Waals surface area contributed by atoms with E-state index < -0.39 is 11.9 Å². The number of pyridine rings is 1. The number of halogens is 1. The van der Waals surface area contributed by atoms with Crippen molar-refractivity contribution < 1.29 is 45.7 Å². The molecule has 5 N–H and O–H groups in total. The number of nitrogen functional groups attached to an aromatic ring is 1. The number of hydrogen-bond acceptors (Lipinski definition) is 12. The summed E-state index contributed by atoms with van der Waals surface area (Å²) in [5, 5.41) is 14.2. The topological polar surface area (TPSA) is 158 Å². The van der Waals surface area contributed by atoms with Crippen molar-refractivity contribution in [2.24, 2.45) is 27.7 Å². The average Bonchev–Trinajstić information content (AvgIpc) is 3.50. The summed E-state index contributed by atoms with van der Waals surface area (Å²) in [6.07, 6.45) is 13.7. The van der Waals surface area contributed by atoms with Crippen LogP contribution in [0.4, 0.5) is 22.9 Å². The molecule has 3 aromatic carbocycles. The van der Waals surface area contributed by atoms with E-state index in [1.165, 1.54) is 150 Å². The first-order valence-electron chi connectivity index (χ1n) is 30.0. The number of nitrogens with one attached hydrogen (secondary N) is 2. The summed E-state index contributed by atoms with van der Waals surface area (Å²) in [5.41, 5.74) is 16.0. The minimum Gasteiger partial charge on any atom is -1.00 e. The molecular formula is C64H97BBrN11NaO3. The zero-order valence-corrected chi connectivity index (χ0v) is 54.2. The summed E-state index contributed by atoms with van der Waals surface area (Å²) in [6, 6.07) is 29.0. The summed E-state index contributed by atoms with van der Waals surface area (Å²) < 4.78 is 1.13. The van der Waals surface area contributed by atoms with Gasteiger partial charge in [0.15, 0.2) is 0 Å². The number of piperazine rings is 2. The largest absolute Gasteiger partial charge is 1.00 e. The molecule has 437 valence electrons. The second kappa shape index (κ2) is 37.2. The van der Waals surface area contributed by atoms with Gasteiger partial charge in [0, 0.05) is 107 Å². The van der Waals surface area contributed by atoms with Gasteiger partial charge in [-0.05, 0) is 180 Å². The van der Waals surface area contributed by atoms with Crippen LogP contribution in [0, 0.1) is 17.8 Å². The number of likely N-dealkylation sites (N-methyl/N-ethyl adjacent to an activating group) is 2. The van der Waals surface area contributed by atoms with E-state index in [2.05, 4.69) is 175 Å². The third-order valence-electron chi connectivity index (χ3n) is 16.4. The zero-order valence-electron chi connectivity index (χ0n) is 51.7. The van der Waals surface area contributed by atoms with Gasteiger partial charge in [0.2, 0.25) is 0 Å². The third-order valence-corrected chi connectivity index (χ3v) is 16.9. The summed E-state index contributed by atoms with van der Waals surface area (Å²) >= 11 is 3.44. The molecule has 0 aliphatic carbocycles. The van der Waals surface area contributed by atoms with Crippen LogP contribution in [-0.2, 0) is 16.0 Å². The Morgan fingerprint density at radius 1 is 0.654 bits per heavy atom. The van der Waals surface area contributed by atoms with Crippen molar-refractivity contribution in [2.45, 2.75) is 119 Å². The molecule has 2 unspecified atom stereocenters. The Kier molecular flexibility index (Phi) is 31.9. The van der Waals surface area contributed by atoms with Crippen LogP contribution < -0.4 is 55.7 Å². The molecule has 3 radical (unpaired) electrons. The number of aliphatic carboxylic acids is 1. The quantitative estimate of drug-likeness (QED) is 0.0899. The second-order valence-electron chi connectivity index (χ2n) is 22.4. The van der Waals surface area contributed by atoms with E-state index in [1.54, 1.807) is 6.07 Å². The molecular weight excluding hydrogens is 1080 g/mol. The number of hydrogen-bond donors (Lipinski definition) is 4. The molecule has 6 aliphatic heterocycles. The summed E-state index contributed by atoms with van der Waals surface area (Å²) in [4.78, 5) is 46.9. The fraction of sp³-hybridized carbons (Fsp3) is 0.578. The van der Waals surface area contributed by atoms with E-state index in [-0.39, 0.29) is 39.4 Å². The number of anilines is 4. The molecule has 4 atom stereocenters. The standard InChI is InChI=1S/C18H29N3.C18H27N3.C12H14BrN.C9H11N3O3.C7H15N.B.Na.H/c2*1-3-20-10-12-21(13-11-20)17-7-5-16(6-8-17)18-9-4-15(2)14-19-18;1-9-2-7-12(14-8-9)10-3-5-11(13)6-4-10;1-2-5-3-6(4-11-7(5)10)12-8(13)9(14)15;1-2-8-6-4-3-5-7-8;;;/h5-8,15,18-19H,3-4,9-14H2,1-2H3;5-8,15H,3-4,9-14H2,1-2H3;3-6,9H,2,7-8H2,1H3;3-4H,2H2,1H3,(H2,10,11)(H,12,13)(H,14,15);2-7H2,1H3;;;/q;;;;;;+1;-1/t15-,18+;;;;;;;/m0......./s1. The van der Waals surface area contributed by atoms with Crippen LogP contribution in [0.3, 0.4) is 0 Å². The fourth-order valence-electron chi connectivity index (χ4n) is 10.8. The van der Waals surface area contributed by atoms with E-state index in [4.69, 9.17) is 15.8 Å². The summed E-state index contributed by atoms with van der Waals surface area (Å²) in [5.74, 6) is 0.0896. The summed E-state index contributed by atoms with van der Waals surface area (Å²) in [7, 11) is 0. The molecule has 10 rings (SSSR count). The Balaban J connectivity index is 0.000000274. The molecule has 1 aromatic heterocycles. The number of carbonyl (C=O) groups is 2. The van der Waals surface area contributed by atoms with Crippen LogP contribution in [0.5, 0.6) is 0 Å². The number of benzene rings is 3. The third kappa shape index (κ3) is 23.5. The van der Waals surface area contributed by atoms with Gasteiger partial charge in [-0.1, -0.05) is 107 Å². The van der Waals surface area contributed by atoms with Crippen LogP contribution in [0.1, 0.15) is 136 Å². The number of piperidine rings is 2. The Labute approximate surface area is 521 Å². The number of rotatable bonds is 10. The van der Waals surface area contributed by atoms with Crippen molar-refractivity contribution in [1.82, 2.24) is 25.0 Å². The van der Waals surface area contributed by atoms with Gasteiger partial charge in [0.05, 0.1) is 11.9 Å². The van der Waals surface area contributed by atoms with Crippen molar-refractivity contribution in [3.05, 3.63) is 112 Å². The van der Waals surface area contributed by atoms with Gasteiger partial charge in [-0.15, -0.1) is 0 Å². The van der Waals surface area contributed by atoms with Crippen molar-refractivity contribution in [3.8, 4) is 0 Å². The number of likely N-dealkylation sites (tertiary alicyclic amines) is 1. The Morgan fingerprint density at radius 2 is 1.12 bits per heavy atom. The molecule has 1 amide bonds. The van der Waals surface area contributed by atoms with Crippen LogP contribution in [0.2, 0.25) is 0 Å². The molecule has 14 nitrogen and oxygen atoms in total. The first-order chi connectivity index (χ1) is 38.2. The molecule has 0 spiro atoms. The number of nitrogens with two attached hydrogens (primary N) is 1. The molecule has 7 heterocycles. The molecule has 17 heteroatoms. The SMILES string of the molecule is CC1CCC(c2ccc(Br)cc2)=NC1.CCN1CCCCC1.CCN1CCN(c2ccc(C3=NCC(C)CC3)cc2)CC1.CCN1CCN(c2ccc([C@H]3CC[C@H](C)CN3)cc2)CC1.CCc1cc(NC(=O)C(=O)O)cnc1N.[B].[H-].[Na+]. The Hall–Kier alpha value is -4.13. The Morgan fingerprint density at radius 3 is 1.53 bits per heavy atom. The number of carboxylic acid groups (broad SMARTS) is 1. The molecule has 6 aliphatic rings. The molecule has 4 saturated heterocycles. The van der Waals surface area contributed by atoms with E-state index in [9.17, 15) is 9.59 Å². The van der Waals surface area contributed by atoms with E-state index >= 15 is 0 Å². The number of amides is 1. The number of aliphatic imine (C=N–C) groups is 2. The number of carbonyl (C=O) groups excluding carboxylic acids is 1. The predicted octanol–water partition coefficient (Wildman–Crippen LogP) is 8.08. The minimum atomic E-state index is -1.54. The number of aryl methyl sites for hydroxylation is 1. The van der Waals surface area contributed by atoms with Gasteiger partial charge in [-0.3, -0.25) is 14.8 Å². The van der Waals surface area contributed by atoms with E-state index in [0.29, 0.717) is 24.0 Å². The normalized spacial score (nSPS) is 21.3. The van der Waals surface area contributed by atoms with Crippen molar-refractivity contribution >= 4 is 70.5 Å². The minimum absolute atomic E-state index is 0. The van der Waals surface area contributed by atoms with Crippen LogP contribution in [0.25, 0.3) is 0 Å². The van der Waals surface area contributed by atoms with Crippen molar-refractivity contribution in [3.63, 3.8) is 0 Å². The van der Waals surface area contributed by atoms with Crippen molar-refractivity contribution in [1.29, 1.82) is 0 Å². The van der Waals surface area contributed by atoms with Crippen LogP contribution in [-0.4, -0.2) is 161 Å². The second-order valence-corrected chi connectivity index (χ2v) is 23.3. The van der Waals surface area contributed by atoms with E-state index in [0.717, 1.165) is 86.4 Å². The fourth-order valence-corrected chi connectivity index (χ4v) is 11.1. The monoisotopic (exact) mass is 1180 g/mol. The maximum Gasteiger partial charge on any atom is 1.00 e. The molecule has 4 fully saturated rings.